The van der Waals surface area contributed by atoms with Gasteiger partial charge in [0.05, 0.1) is 11.4 Å². The van der Waals surface area contributed by atoms with E-state index in [1.807, 2.05) is 23.5 Å². The fourth-order valence-corrected chi connectivity index (χ4v) is 6.31. The highest BCUT2D eigenvalue weighted by Crippen LogP contribution is 2.40. The zero-order valence-corrected chi connectivity index (χ0v) is 20.6. The minimum absolute atomic E-state index is 0. The summed E-state index contributed by atoms with van der Waals surface area (Å²) in [6, 6.07) is 4.36. The van der Waals surface area contributed by atoms with Crippen LogP contribution in [0.4, 0.5) is 0 Å². The highest BCUT2D eigenvalue weighted by atomic mass is 32.2. The monoisotopic (exact) mass is 462 g/mol. The summed E-state index contributed by atoms with van der Waals surface area (Å²) in [6.45, 7) is 8.73. The second kappa shape index (κ2) is 11.8. The van der Waals surface area contributed by atoms with Gasteiger partial charge in [-0.2, -0.15) is 0 Å². The molecule has 0 aromatic heterocycles. The van der Waals surface area contributed by atoms with Crippen LogP contribution in [-0.4, -0.2) is 37.1 Å². The van der Waals surface area contributed by atoms with E-state index in [1.54, 1.807) is 14.2 Å². The normalized spacial score (nSPS) is 20.5. The van der Waals surface area contributed by atoms with Gasteiger partial charge in [0.15, 0.2) is 0 Å². The maximum atomic E-state index is 4.94. The molecule has 2 heterocycles. The summed E-state index contributed by atoms with van der Waals surface area (Å²) in [5.74, 6) is 2.24. The second-order valence-corrected chi connectivity index (χ2v) is 10.0. The van der Waals surface area contributed by atoms with Crippen LogP contribution in [0.15, 0.2) is 49.0 Å². The van der Waals surface area contributed by atoms with E-state index in [0.717, 1.165) is 35.8 Å². The largest absolute Gasteiger partial charge is 0.399 e. The Bertz CT molecular complexity index is 936. The van der Waals surface area contributed by atoms with Gasteiger partial charge >= 0.3 is 0 Å². The maximum absolute atomic E-state index is 4.94. The van der Waals surface area contributed by atoms with Crippen LogP contribution in [0.1, 0.15) is 65.1 Å². The molecule has 0 saturated heterocycles. The number of aryl methyl sites for hydroxylation is 1. The predicted molar refractivity (Wildman–Crippen MR) is 140 cm³/mol. The summed E-state index contributed by atoms with van der Waals surface area (Å²) in [5, 5.41) is 8.29. The van der Waals surface area contributed by atoms with Gasteiger partial charge in [-0.15, -0.1) is 23.5 Å². The van der Waals surface area contributed by atoms with Crippen molar-refractivity contribution in [2.75, 3.05) is 25.7 Å². The van der Waals surface area contributed by atoms with Crippen molar-refractivity contribution in [3.63, 3.8) is 0 Å². The smallest absolute Gasteiger partial charge is 0.106 e. The van der Waals surface area contributed by atoms with Gasteiger partial charge in [0, 0.05) is 41.8 Å². The number of hydrogen-bond donors (Lipinski definition) is 0. The minimum Gasteiger partial charge on any atom is -0.399 e. The Balaban J connectivity index is 0.000000301. The Kier molecular flexibility index (Phi) is 9.76. The van der Waals surface area contributed by atoms with Crippen molar-refractivity contribution >= 4 is 34.9 Å². The number of oxime groups is 2. The van der Waals surface area contributed by atoms with Gasteiger partial charge in [0.25, 0.3) is 0 Å². The van der Waals surface area contributed by atoms with Gasteiger partial charge in [-0.1, -0.05) is 29.4 Å². The third kappa shape index (κ3) is 5.78. The van der Waals surface area contributed by atoms with Crippen molar-refractivity contribution in [2.24, 2.45) is 10.3 Å². The number of fused-ring (bicyclic) bond motifs is 1. The molecular weight excluding hydrogens is 424 g/mol. The van der Waals surface area contributed by atoms with E-state index < -0.39 is 0 Å². The molecule has 0 amide bonds. The maximum Gasteiger partial charge on any atom is 0.106 e. The Morgan fingerprint density at radius 3 is 2.19 bits per heavy atom. The highest BCUT2D eigenvalue weighted by molar-refractivity contribution is 8.03. The molecule has 0 unspecified atom stereocenters. The summed E-state index contributed by atoms with van der Waals surface area (Å²) in [5.41, 5.74) is 10.5. The lowest BCUT2D eigenvalue weighted by molar-refractivity contribution is 0.213. The zero-order chi connectivity index (χ0) is 21.7. The molecule has 0 spiro atoms. The van der Waals surface area contributed by atoms with Crippen molar-refractivity contribution in [1.29, 1.82) is 0 Å². The van der Waals surface area contributed by atoms with E-state index in [1.165, 1.54) is 56.1 Å². The number of benzene rings is 1. The molecule has 0 saturated carbocycles. The molecule has 1 aromatic rings. The first kappa shape index (κ1) is 25.6. The van der Waals surface area contributed by atoms with E-state index >= 15 is 0 Å². The van der Waals surface area contributed by atoms with Crippen LogP contribution >= 0.6 is 23.5 Å². The van der Waals surface area contributed by atoms with Crippen molar-refractivity contribution in [2.45, 2.75) is 65.7 Å². The Hall–Kier alpha value is -1.66. The Labute approximate surface area is 198 Å². The van der Waals surface area contributed by atoms with E-state index in [4.69, 9.17) is 9.68 Å². The summed E-state index contributed by atoms with van der Waals surface area (Å²) < 4.78 is 0. The van der Waals surface area contributed by atoms with Crippen LogP contribution in [0.25, 0.3) is 0 Å². The summed E-state index contributed by atoms with van der Waals surface area (Å²) in [4.78, 5) is 12.7. The summed E-state index contributed by atoms with van der Waals surface area (Å²) >= 11 is 3.90. The Morgan fingerprint density at radius 2 is 1.48 bits per heavy atom. The van der Waals surface area contributed by atoms with Crippen molar-refractivity contribution in [3.8, 4) is 0 Å². The van der Waals surface area contributed by atoms with Crippen LogP contribution in [0.5, 0.6) is 0 Å². The minimum atomic E-state index is 0. The van der Waals surface area contributed by atoms with Gasteiger partial charge < -0.3 is 9.68 Å². The van der Waals surface area contributed by atoms with E-state index in [9.17, 15) is 0 Å². The van der Waals surface area contributed by atoms with Crippen LogP contribution in [0.3, 0.4) is 0 Å². The van der Waals surface area contributed by atoms with Crippen LogP contribution in [-0.2, 0) is 9.68 Å². The first-order valence-corrected chi connectivity index (χ1v) is 12.4. The lowest BCUT2D eigenvalue weighted by atomic mass is 9.89. The number of nitrogens with zero attached hydrogens (tertiary/aromatic N) is 2. The van der Waals surface area contributed by atoms with Gasteiger partial charge in [0.1, 0.15) is 14.2 Å². The molecule has 1 aliphatic carbocycles. The van der Waals surface area contributed by atoms with E-state index in [0.29, 0.717) is 0 Å². The molecule has 4 rings (SSSR count). The van der Waals surface area contributed by atoms with Crippen molar-refractivity contribution < 1.29 is 11.1 Å². The average molecular weight is 463 g/mol. The number of rotatable bonds is 2. The molecule has 3 aliphatic rings. The lowest BCUT2D eigenvalue weighted by Crippen LogP contribution is -2.16. The standard InChI is InChI=1S/C12H17NOS.C12H15NOS.CH4.H2/c2*1-8-4-5-11-12(9(8)2)10(13-14-3)6-7-15-11;;/h4-7H2,1-3H3;4-5H,6-7H2,1-3H3;1H4;1H/b2*13-10+;;. The molecular formula is C25H38N2O2S2. The molecule has 2 aliphatic heterocycles. The number of hydrogen-bond acceptors (Lipinski definition) is 6. The highest BCUT2D eigenvalue weighted by Gasteiger charge is 2.25. The third-order valence-electron chi connectivity index (χ3n) is 5.91. The van der Waals surface area contributed by atoms with Gasteiger partial charge in [0.2, 0.25) is 0 Å². The molecule has 0 fully saturated rings. The molecule has 4 nitrogen and oxygen atoms in total. The van der Waals surface area contributed by atoms with Crippen LogP contribution in [0.2, 0.25) is 0 Å². The topological polar surface area (TPSA) is 43.2 Å². The summed E-state index contributed by atoms with van der Waals surface area (Å²) in [6.07, 6.45) is 4.42. The molecule has 1 aromatic carbocycles. The summed E-state index contributed by atoms with van der Waals surface area (Å²) in [7, 11) is 3.24. The van der Waals surface area contributed by atoms with E-state index in [2.05, 4.69) is 50.1 Å². The third-order valence-corrected chi connectivity index (χ3v) is 8.13. The molecule has 0 N–H and O–H groups in total. The zero-order valence-electron chi connectivity index (χ0n) is 18.9. The fourth-order valence-electron chi connectivity index (χ4n) is 4.01. The number of allylic oxidation sites excluding steroid dienone is 4. The van der Waals surface area contributed by atoms with Gasteiger partial charge in [-0.3, -0.25) is 0 Å². The first-order valence-electron chi connectivity index (χ1n) is 10.4. The molecule has 0 radical (unpaired) electrons. The fraction of sp³-hybridized carbons (Fsp3) is 0.520. The molecule has 0 atom stereocenters. The van der Waals surface area contributed by atoms with Crippen LogP contribution in [0, 0.1) is 13.8 Å². The van der Waals surface area contributed by atoms with Gasteiger partial charge in [-0.25, -0.2) is 0 Å². The SMILES string of the molecule is C.CO/N=C1\CCSC2=C1C(C)=C(C)CC2.CO/N=C1\CCSc2ccc(C)c(C)c21.[HH]. The van der Waals surface area contributed by atoms with Crippen molar-refractivity contribution in [3.05, 3.63) is 50.4 Å². The molecule has 172 valence electrons. The molecule has 31 heavy (non-hydrogen) atoms. The van der Waals surface area contributed by atoms with E-state index in [-0.39, 0.29) is 8.85 Å². The molecule has 6 heteroatoms. The average Bonchev–Trinajstić information content (AvgIpc) is 2.75. The van der Waals surface area contributed by atoms with Gasteiger partial charge in [-0.05, 0) is 68.2 Å². The number of thioether (sulfide) groups is 2. The molecule has 0 bridgehead atoms. The predicted octanol–water partition coefficient (Wildman–Crippen LogP) is 7.54. The second-order valence-electron chi connectivity index (χ2n) is 7.72. The Morgan fingerprint density at radius 1 is 0.839 bits per heavy atom. The lowest BCUT2D eigenvalue weighted by Gasteiger charge is -2.27. The van der Waals surface area contributed by atoms with Crippen LogP contribution < -0.4 is 0 Å². The quantitative estimate of drug-likeness (QED) is 0.426. The van der Waals surface area contributed by atoms with Crippen molar-refractivity contribution in [1.82, 2.24) is 0 Å². The first-order chi connectivity index (χ1) is 14.5.